The summed E-state index contributed by atoms with van der Waals surface area (Å²) in [5.74, 6) is 0.0434. The predicted molar refractivity (Wildman–Crippen MR) is 127 cm³/mol. The monoisotopic (exact) mass is 441 g/mol. The number of carbonyl (C=O) groups excluding carboxylic acids is 1. The van der Waals surface area contributed by atoms with Gasteiger partial charge in [-0.3, -0.25) is 9.69 Å². The van der Waals surface area contributed by atoms with E-state index in [1.807, 2.05) is 78.6 Å². The average molecular weight is 442 g/mol. The Kier molecular flexibility index (Phi) is 5.73. The van der Waals surface area contributed by atoms with Gasteiger partial charge in [0.15, 0.2) is 0 Å². The van der Waals surface area contributed by atoms with Gasteiger partial charge in [0, 0.05) is 0 Å². The third-order valence-corrected chi connectivity index (χ3v) is 6.97. The molecule has 0 aliphatic carbocycles. The maximum absolute atomic E-state index is 14.0. The van der Waals surface area contributed by atoms with Gasteiger partial charge in [-0.2, -0.15) is 4.68 Å². The number of thioether (sulfide) groups is 1. The second-order valence-corrected chi connectivity index (χ2v) is 8.82. The molecule has 5 rings (SSSR count). The first-order valence-electron chi connectivity index (χ1n) is 10.8. The molecule has 1 amide bonds. The lowest BCUT2D eigenvalue weighted by Crippen LogP contribution is -2.35. The van der Waals surface area contributed by atoms with E-state index in [1.165, 1.54) is 22.9 Å². The van der Waals surface area contributed by atoms with Crippen LogP contribution in [0.4, 0.5) is 11.4 Å². The molecule has 0 saturated carbocycles. The summed E-state index contributed by atoms with van der Waals surface area (Å²) in [6.45, 7) is 2.03. The summed E-state index contributed by atoms with van der Waals surface area (Å²) < 4.78 is 1.69. The van der Waals surface area contributed by atoms with Crippen LogP contribution in [-0.2, 0) is 17.6 Å². The van der Waals surface area contributed by atoms with E-state index in [-0.39, 0.29) is 11.2 Å². The number of amides is 1. The lowest BCUT2D eigenvalue weighted by atomic mass is 10.0. The highest BCUT2D eigenvalue weighted by atomic mass is 32.2. The molecule has 32 heavy (non-hydrogen) atoms. The molecule has 0 spiro atoms. The van der Waals surface area contributed by atoms with Gasteiger partial charge in [0.2, 0.25) is 11.1 Å². The standard InChI is InChI=1S/C25H23N5OS/c1-2-23(32-25-26-27-28-30(25)20-12-4-3-5-13-20)24(31)29-21-14-8-6-10-18(21)16-17-19-11-7-9-15-22(19)29/h3-15,23H,2,16-17H2,1H3. The van der Waals surface area contributed by atoms with Crippen molar-refractivity contribution in [2.75, 3.05) is 4.90 Å². The summed E-state index contributed by atoms with van der Waals surface area (Å²) in [7, 11) is 0. The quantitative estimate of drug-likeness (QED) is 0.408. The molecule has 7 heteroatoms. The van der Waals surface area contributed by atoms with E-state index in [0.29, 0.717) is 11.6 Å². The molecular weight excluding hydrogens is 418 g/mol. The van der Waals surface area contributed by atoms with Crippen LogP contribution in [0.25, 0.3) is 5.69 Å². The molecule has 1 aromatic heterocycles. The minimum absolute atomic E-state index is 0.0434. The molecule has 0 saturated heterocycles. The number of carbonyl (C=O) groups is 1. The molecule has 1 aliphatic rings. The zero-order chi connectivity index (χ0) is 21.9. The Morgan fingerprint density at radius 2 is 1.50 bits per heavy atom. The summed E-state index contributed by atoms with van der Waals surface area (Å²) in [5, 5.41) is 12.5. The maximum atomic E-state index is 14.0. The van der Waals surface area contributed by atoms with E-state index in [0.717, 1.165) is 29.9 Å². The lowest BCUT2D eigenvalue weighted by molar-refractivity contribution is -0.117. The average Bonchev–Trinajstić information content (AvgIpc) is 3.24. The van der Waals surface area contributed by atoms with Gasteiger partial charge in [0.25, 0.3) is 0 Å². The van der Waals surface area contributed by atoms with Crippen LogP contribution in [0.15, 0.2) is 84.0 Å². The topological polar surface area (TPSA) is 63.9 Å². The van der Waals surface area contributed by atoms with Crippen molar-refractivity contribution in [1.82, 2.24) is 20.2 Å². The first-order valence-corrected chi connectivity index (χ1v) is 11.6. The zero-order valence-corrected chi connectivity index (χ0v) is 18.6. The third kappa shape index (κ3) is 3.80. The van der Waals surface area contributed by atoms with Crippen LogP contribution < -0.4 is 4.90 Å². The predicted octanol–water partition coefficient (Wildman–Crippen LogP) is 5.00. The van der Waals surface area contributed by atoms with Crippen molar-refractivity contribution in [2.24, 2.45) is 0 Å². The largest absolute Gasteiger partial charge is 0.280 e. The van der Waals surface area contributed by atoms with Crippen LogP contribution in [0.2, 0.25) is 0 Å². The van der Waals surface area contributed by atoms with Crippen LogP contribution in [0.1, 0.15) is 24.5 Å². The number of anilines is 2. The van der Waals surface area contributed by atoms with Crippen molar-refractivity contribution < 1.29 is 4.79 Å². The van der Waals surface area contributed by atoms with Gasteiger partial charge in [-0.25, -0.2) is 0 Å². The number of fused-ring (bicyclic) bond motifs is 2. The molecule has 0 N–H and O–H groups in total. The SMILES string of the molecule is CCC(Sc1nnnn1-c1ccccc1)C(=O)N1c2ccccc2CCc2ccccc21. The fraction of sp³-hybridized carbons (Fsp3) is 0.200. The maximum Gasteiger partial charge on any atom is 0.245 e. The van der Waals surface area contributed by atoms with E-state index in [4.69, 9.17) is 0 Å². The zero-order valence-electron chi connectivity index (χ0n) is 17.8. The number of nitrogens with zero attached hydrogens (tertiary/aromatic N) is 5. The molecular formula is C25H23N5OS. The van der Waals surface area contributed by atoms with Crippen molar-refractivity contribution in [1.29, 1.82) is 0 Å². The summed E-state index contributed by atoms with van der Waals surface area (Å²) in [4.78, 5) is 15.9. The van der Waals surface area contributed by atoms with Gasteiger partial charge in [0.05, 0.1) is 22.3 Å². The fourth-order valence-corrected chi connectivity index (χ4v) is 5.03. The van der Waals surface area contributed by atoms with E-state index in [9.17, 15) is 4.79 Å². The highest BCUT2D eigenvalue weighted by molar-refractivity contribution is 8.00. The summed E-state index contributed by atoms with van der Waals surface area (Å²) in [6, 6.07) is 26.1. The third-order valence-electron chi connectivity index (χ3n) is 5.68. The van der Waals surface area contributed by atoms with E-state index in [1.54, 1.807) is 4.68 Å². The van der Waals surface area contributed by atoms with Crippen LogP contribution >= 0.6 is 11.8 Å². The van der Waals surface area contributed by atoms with Crippen LogP contribution in [0.5, 0.6) is 0 Å². The number of rotatable bonds is 5. The molecule has 1 aliphatic heterocycles. The number of para-hydroxylation sites is 3. The van der Waals surface area contributed by atoms with Crippen molar-refractivity contribution in [3.05, 3.63) is 90.0 Å². The fourth-order valence-electron chi connectivity index (χ4n) is 4.08. The van der Waals surface area contributed by atoms with Crippen LogP contribution in [-0.4, -0.2) is 31.4 Å². The van der Waals surface area contributed by atoms with Crippen molar-refractivity contribution in [3.8, 4) is 5.69 Å². The Balaban J connectivity index is 1.52. The van der Waals surface area contributed by atoms with Gasteiger partial charge in [0.1, 0.15) is 0 Å². The Morgan fingerprint density at radius 3 is 2.12 bits per heavy atom. The molecule has 0 bridgehead atoms. The molecule has 3 aromatic carbocycles. The molecule has 1 unspecified atom stereocenters. The van der Waals surface area contributed by atoms with E-state index in [2.05, 4.69) is 27.7 Å². The molecule has 0 fully saturated rings. The van der Waals surface area contributed by atoms with Gasteiger partial charge >= 0.3 is 0 Å². The van der Waals surface area contributed by atoms with Gasteiger partial charge in [-0.1, -0.05) is 73.3 Å². The summed E-state index contributed by atoms with van der Waals surface area (Å²) in [5.41, 5.74) is 5.16. The molecule has 2 heterocycles. The van der Waals surface area contributed by atoms with Crippen LogP contribution in [0, 0.1) is 0 Å². The Bertz CT molecular complexity index is 1190. The van der Waals surface area contributed by atoms with Gasteiger partial charge < -0.3 is 0 Å². The van der Waals surface area contributed by atoms with Crippen molar-refractivity contribution in [3.63, 3.8) is 0 Å². The highest BCUT2D eigenvalue weighted by Gasteiger charge is 2.32. The van der Waals surface area contributed by atoms with Gasteiger partial charge in [-0.05, 0) is 65.1 Å². The van der Waals surface area contributed by atoms with E-state index < -0.39 is 0 Å². The molecule has 6 nitrogen and oxygen atoms in total. The molecule has 1 atom stereocenters. The normalized spacial score (nSPS) is 13.7. The van der Waals surface area contributed by atoms with Crippen molar-refractivity contribution in [2.45, 2.75) is 36.6 Å². The summed E-state index contributed by atoms with van der Waals surface area (Å²) in [6.07, 6.45) is 2.48. The number of hydrogen-bond donors (Lipinski definition) is 0. The first-order chi connectivity index (χ1) is 15.8. The lowest BCUT2D eigenvalue weighted by Gasteiger charge is -2.28. The Hall–Kier alpha value is -3.45. The molecule has 4 aromatic rings. The van der Waals surface area contributed by atoms with Gasteiger partial charge in [-0.15, -0.1) is 5.10 Å². The second kappa shape index (κ2) is 8.96. The Morgan fingerprint density at radius 1 is 0.906 bits per heavy atom. The second-order valence-electron chi connectivity index (χ2n) is 7.65. The minimum atomic E-state index is -0.331. The first kappa shape index (κ1) is 20.5. The Labute approximate surface area is 191 Å². The molecule has 160 valence electrons. The number of tetrazole rings is 1. The number of benzene rings is 3. The highest BCUT2D eigenvalue weighted by Crippen LogP contribution is 2.38. The smallest absolute Gasteiger partial charge is 0.245 e. The van der Waals surface area contributed by atoms with Crippen molar-refractivity contribution >= 4 is 29.0 Å². The number of aryl methyl sites for hydroxylation is 2. The molecule has 0 radical (unpaired) electrons. The minimum Gasteiger partial charge on any atom is -0.280 e. The number of hydrogen-bond acceptors (Lipinski definition) is 5. The van der Waals surface area contributed by atoms with Crippen LogP contribution in [0.3, 0.4) is 0 Å². The van der Waals surface area contributed by atoms with E-state index >= 15 is 0 Å². The number of aromatic nitrogens is 4. The summed E-state index contributed by atoms with van der Waals surface area (Å²) >= 11 is 1.41.